The van der Waals surface area contributed by atoms with E-state index < -0.39 is 5.97 Å². The average Bonchev–Trinajstić information content (AvgIpc) is 1.99. The molecule has 4 nitrogen and oxygen atoms in total. The minimum Gasteiger partial charge on any atom is -0.480 e. The van der Waals surface area contributed by atoms with Crippen molar-refractivity contribution in [2.24, 2.45) is 0 Å². The van der Waals surface area contributed by atoms with Crippen LogP contribution in [0.3, 0.4) is 0 Å². The van der Waals surface area contributed by atoms with Crippen molar-refractivity contribution in [3.05, 3.63) is 12.2 Å². The summed E-state index contributed by atoms with van der Waals surface area (Å²) in [6.07, 6.45) is 2.96. The molecule has 0 aromatic carbocycles. The van der Waals surface area contributed by atoms with Gasteiger partial charge in [-0.3, -0.25) is 9.59 Å². The molecule has 1 amide bonds. The van der Waals surface area contributed by atoms with Gasteiger partial charge in [0.1, 0.15) is 6.54 Å². The molecule has 0 aromatic rings. The number of carbonyl (C=O) groups is 2. The van der Waals surface area contributed by atoms with Gasteiger partial charge in [-0.15, -0.1) is 0 Å². The van der Waals surface area contributed by atoms with Crippen LogP contribution in [-0.4, -0.2) is 34.5 Å². The first-order chi connectivity index (χ1) is 5.99. The van der Waals surface area contributed by atoms with E-state index in [2.05, 4.69) is 0 Å². The average molecular weight is 185 g/mol. The standard InChI is InChI=1S/C9H15NO3/c1-4-5-8(11)10(7(2)3)6-9(12)13/h4-5,7H,6H2,1-3H3,(H,12,13)/b5-4+. The highest BCUT2D eigenvalue weighted by atomic mass is 16.4. The van der Waals surface area contributed by atoms with Crippen molar-refractivity contribution in [3.8, 4) is 0 Å². The van der Waals surface area contributed by atoms with E-state index in [0.717, 1.165) is 0 Å². The minimum atomic E-state index is -0.994. The Morgan fingerprint density at radius 1 is 1.46 bits per heavy atom. The van der Waals surface area contributed by atoms with E-state index in [1.165, 1.54) is 11.0 Å². The lowest BCUT2D eigenvalue weighted by molar-refractivity contribution is -0.143. The van der Waals surface area contributed by atoms with Crippen molar-refractivity contribution in [2.75, 3.05) is 6.54 Å². The van der Waals surface area contributed by atoms with Crippen molar-refractivity contribution in [1.29, 1.82) is 0 Å². The first-order valence-electron chi connectivity index (χ1n) is 4.14. The number of amides is 1. The number of allylic oxidation sites excluding steroid dienone is 1. The maximum Gasteiger partial charge on any atom is 0.323 e. The number of nitrogens with zero attached hydrogens (tertiary/aromatic N) is 1. The van der Waals surface area contributed by atoms with Crippen LogP contribution in [0.1, 0.15) is 20.8 Å². The van der Waals surface area contributed by atoms with Crippen LogP contribution in [0.15, 0.2) is 12.2 Å². The number of aliphatic carboxylic acids is 1. The number of rotatable bonds is 4. The fourth-order valence-corrected chi connectivity index (χ4v) is 0.899. The first kappa shape index (κ1) is 11.7. The molecule has 4 heteroatoms. The highest BCUT2D eigenvalue weighted by Gasteiger charge is 2.16. The van der Waals surface area contributed by atoms with Crippen LogP contribution in [-0.2, 0) is 9.59 Å². The molecule has 0 fully saturated rings. The van der Waals surface area contributed by atoms with Gasteiger partial charge < -0.3 is 10.0 Å². The van der Waals surface area contributed by atoms with Crippen LogP contribution in [0, 0.1) is 0 Å². The van der Waals surface area contributed by atoms with Gasteiger partial charge in [0.05, 0.1) is 0 Å². The molecule has 74 valence electrons. The zero-order chi connectivity index (χ0) is 10.4. The van der Waals surface area contributed by atoms with Gasteiger partial charge in [-0.05, 0) is 26.8 Å². The van der Waals surface area contributed by atoms with Crippen LogP contribution in [0.5, 0.6) is 0 Å². The van der Waals surface area contributed by atoms with Crippen molar-refractivity contribution >= 4 is 11.9 Å². The molecule has 0 aromatic heterocycles. The third-order valence-corrected chi connectivity index (χ3v) is 1.52. The van der Waals surface area contributed by atoms with E-state index in [-0.39, 0.29) is 18.5 Å². The molecule has 0 bridgehead atoms. The predicted molar refractivity (Wildman–Crippen MR) is 49.3 cm³/mol. The lowest BCUT2D eigenvalue weighted by Gasteiger charge is -2.23. The van der Waals surface area contributed by atoms with Crippen LogP contribution >= 0.6 is 0 Å². The Balaban J connectivity index is 4.41. The van der Waals surface area contributed by atoms with E-state index in [1.54, 1.807) is 26.8 Å². The van der Waals surface area contributed by atoms with Crippen LogP contribution < -0.4 is 0 Å². The van der Waals surface area contributed by atoms with E-state index in [0.29, 0.717) is 0 Å². The molecule has 0 saturated heterocycles. The third-order valence-electron chi connectivity index (χ3n) is 1.52. The van der Waals surface area contributed by atoms with Gasteiger partial charge in [0.2, 0.25) is 5.91 Å². The van der Waals surface area contributed by atoms with E-state index in [9.17, 15) is 9.59 Å². The maximum absolute atomic E-state index is 11.3. The van der Waals surface area contributed by atoms with Gasteiger partial charge >= 0.3 is 5.97 Å². The SMILES string of the molecule is C/C=C/C(=O)N(CC(=O)O)C(C)C. The van der Waals surface area contributed by atoms with Gasteiger partial charge in [0.25, 0.3) is 0 Å². The molecule has 1 N–H and O–H groups in total. The number of carbonyl (C=O) groups excluding carboxylic acids is 1. The molecule has 0 aliphatic heterocycles. The molecule has 0 saturated carbocycles. The Morgan fingerprint density at radius 3 is 2.31 bits per heavy atom. The molecule has 0 aliphatic carbocycles. The Morgan fingerprint density at radius 2 is 2.00 bits per heavy atom. The Bertz CT molecular complexity index is 221. The van der Waals surface area contributed by atoms with Gasteiger partial charge in [-0.1, -0.05) is 6.08 Å². The van der Waals surface area contributed by atoms with Gasteiger partial charge in [-0.25, -0.2) is 0 Å². The second kappa shape index (κ2) is 5.35. The summed E-state index contributed by atoms with van der Waals surface area (Å²) in [4.78, 5) is 23.0. The van der Waals surface area contributed by atoms with E-state index >= 15 is 0 Å². The molecule has 0 rings (SSSR count). The Kier molecular flexibility index (Phi) is 4.80. The molecule has 0 heterocycles. The molecular weight excluding hydrogens is 170 g/mol. The van der Waals surface area contributed by atoms with E-state index in [1.807, 2.05) is 0 Å². The Hall–Kier alpha value is -1.32. The summed E-state index contributed by atoms with van der Waals surface area (Å²) in [6.45, 7) is 5.03. The second-order valence-corrected chi connectivity index (χ2v) is 2.95. The van der Waals surface area contributed by atoms with Gasteiger partial charge in [0.15, 0.2) is 0 Å². The molecule has 0 radical (unpaired) electrons. The summed E-state index contributed by atoms with van der Waals surface area (Å²) in [5, 5.41) is 8.53. The smallest absolute Gasteiger partial charge is 0.323 e. The second-order valence-electron chi connectivity index (χ2n) is 2.95. The number of carboxylic acids is 1. The van der Waals surface area contributed by atoms with Crippen molar-refractivity contribution in [2.45, 2.75) is 26.8 Å². The van der Waals surface area contributed by atoms with Gasteiger partial charge in [-0.2, -0.15) is 0 Å². The monoisotopic (exact) mass is 185 g/mol. The normalized spacial score (nSPS) is 10.8. The topological polar surface area (TPSA) is 57.6 Å². The molecule has 13 heavy (non-hydrogen) atoms. The quantitative estimate of drug-likeness (QED) is 0.661. The molecule has 0 unspecified atom stereocenters. The molecule has 0 atom stereocenters. The lowest BCUT2D eigenvalue weighted by atomic mass is 10.3. The number of hydrogen-bond donors (Lipinski definition) is 1. The molecule has 0 spiro atoms. The van der Waals surface area contributed by atoms with Crippen molar-refractivity contribution in [3.63, 3.8) is 0 Å². The van der Waals surface area contributed by atoms with Crippen LogP contribution in [0.2, 0.25) is 0 Å². The zero-order valence-electron chi connectivity index (χ0n) is 8.15. The van der Waals surface area contributed by atoms with Crippen LogP contribution in [0.25, 0.3) is 0 Å². The highest BCUT2D eigenvalue weighted by molar-refractivity contribution is 5.90. The molecule has 0 aliphatic rings. The fraction of sp³-hybridized carbons (Fsp3) is 0.556. The minimum absolute atomic E-state index is 0.0974. The number of carboxylic acid groups (broad SMARTS) is 1. The summed E-state index contributed by atoms with van der Waals surface area (Å²) < 4.78 is 0. The summed E-state index contributed by atoms with van der Waals surface area (Å²) in [5.41, 5.74) is 0. The van der Waals surface area contributed by atoms with E-state index in [4.69, 9.17) is 5.11 Å². The first-order valence-corrected chi connectivity index (χ1v) is 4.14. The summed E-state index contributed by atoms with van der Waals surface area (Å²) in [5.74, 6) is -1.26. The lowest BCUT2D eigenvalue weighted by Crippen LogP contribution is -2.39. The van der Waals surface area contributed by atoms with Crippen molar-refractivity contribution < 1.29 is 14.7 Å². The van der Waals surface area contributed by atoms with Crippen LogP contribution in [0.4, 0.5) is 0 Å². The third kappa shape index (κ3) is 4.30. The summed E-state index contributed by atoms with van der Waals surface area (Å²) in [7, 11) is 0. The fourth-order valence-electron chi connectivity index (χ4n) is 0.899. The maximum atomic E-state index is 11.3. The van der Waals surface area contributed by atoms with Crippen molar-refractivity contribution in [1.82, 2.24) is 4.90 Å². The summed E-state index contributed by atoms with van der Waals surface area (Å²) >= 11 is 0. The largest absolute Gasteiger partial charge is 0.480 e. The summed E-state index contributed by atoms with van der Waals surface area (Å²) in [6, 6.07) is -0.0974. The zero-order valence-corrected chi connectivity index (χ0v) is 8.15. The predicted octanol–water partition coefficient (Wildman–Crippen LogP) is 0.884. The highest BCUT2D eigenvalue weighted by Crippen LogP contribution is 1.99. The number of hydrogen-bond acceptors (Lipinski definition) is 2. The molecular formula is C9H15NO3. The Labute approximate surface area is 77.8 Å². The van der Waals surface area contributed by atoms with Gasteiger partial charge in [0, 0.05) is 6.04 Å².